The van der Waals surface area contributed by atoms with E-state index < -0.39 is 0 Å². The average molecular weight is 293 g/mol. The Bertz CT molecular complexity index is 752. The first-order valence-corrected chi connectivity index (χ1v) is 7.81. The van der Waals surface area contributed by atoms with Crippen molar-refractivity contribution in [1.29, 1.82) is 0 Å². The molecule has 4 heterocycles. The van der Waals surface area contributed by atoms with Gasteiger partial charge in [-0.3, -0.25) is 15.0 Å². The van der Waals surface area contributed by atoms with Crippen molar-refractivity contribution >= 4 is 11.0 Å². The fourth-order valence-corrected chi connectivity index (χ4v) is 3.23. The Labute approximate surface area is 129 Å². The number of H-pyrrole nitrogens is 1. The number of aromatic amines is 1. The van der Waals surface area contributed by atoms with Crippen LogP contribution in [0.15, 0.2) is 42.7 Å². The van der Waals surface area contributed by atoms with Gasteiger partial charge in [0.25, 0.3) is 0 Å². The summed E-state index contributed by atoms with van der Waals surface area (Å²) in [6.07, 6.45) is 6.09. The van der Waals surface area contributed by atoms with Crippen LogP contribution in [0.1, 0.15) is 30.1 Å². The Kier molecular flexibility index (Phi) is 3.56. The monoisotopic (exact) mass is 293 g/mol. The number of likely N-dealkylation sites (tertiary alicyclic amines) is 1. The summed E-state index contributed by atoms with van der Waals surface area (Å²) in [5, 5.41) is 8.09. The lowest BCUT2D eigenvalue weighted by atomic mass is 9.94. The topological polar surface area (TPSA) is 57.7 Å². The summed E-state index contributed by atoms with van der Waals surface area (Å²) in [7, 11) is 0. The smallest absolute Gasteiger partial charge is 0.155 e. The third-order valence-electron chi connectivity index (χ3n) is 4.36. The van der Waals surface area contributed by atoms with Crippen LogP contribution in [0.2, 0.25) is 0 Å². The molecule has 3 aromatic rings. The Hall–Kier alpha value is -2.27. The second kappa shape index (κ2) is 5.85. The molecule has 22 heavy (non-hydrogen) atoms. The van der Waals surface area contributed by atoms with Crippen molar-refractivity contribution in [2.75, 3.05) is 13.1 Å². The summed E-state index contributed by atoms with van der Waals surface area (Å²) in [5.41, 5.74) is 3.20. The summed E-state index contributed by atoms with van der Waals surface area (Å²) in [6, 6.07) is 10.4. The van der Waals surface area contributed by atoms with Crippen LogP contribution in [0.25, 0.3) is 11.0 Å². The van der Waals surface area contributed by atoms with Gasteiger partial charge < -0.3 is 0 Å². The van der Waals surface area contributed by atoms with Crippen molar-refractivity contribution in [2.45, 2.75) is 25.3 Å². The fraction of sp³-hybridized carbons (Fsp3) is 0.353. The highest BCUT2D eigenvalue weighted by atomic mass is 15.1. The molecule has 1 aliphatic heterocycles. The maximum Gasteiger partial charge on any atom is 0.155 e. The Morgan fingerprint density at radius 3 is 3.14 bits per heavy atom. The number of piperidine rings is 1. The lowest BCUT2D eigenvalue weighted by molar-refractivity contribution is 0.196. The largest absolute Gasteiger partial charge is 0.297 e. The van der Waals surface area contributed by atoms with Crippen LogP contribution in [-0.4, -0.2) is 38.2 Å². The van der Waals surface area contributed by atoms with Gasteiger partial charge in [0.2, 0.25) is 0 Å². The minimum Gasteiger partial charge on any atom is -0.297 e. The van der Waals surface area contributed by atoms with Gasteiger partial charge in [-0.1, -0.05) is 6.07 Å². The van der Waals surface area contributed by atoms with Crippen molar-refractivity contribution < 1.29 is 0 Å². The predicted molar refractivity (Wildman–Crippen MR) is 85.4 cm³/mol. The van der Waals surface area contributed by atoms with E-state index in [1.165, 1.54) is 18.5 Å². The molecule has 0 amide bonds. The molecule has 1 saturated heterocycles. The van der Waals surface area contributed by atoms with Crippen LogP contribution in [0.5, 0.6) is 0 Å². The van der Waals surface area contributed by atoms with E-state index in [0.717, 1.165) is 36.4 Å². The standard InChI is InChI=1S/C17H19N5/c1-2-8-18-15(5-1)12-22-9-3-4-14(11-22)16-7-6-13-10-19-21-17(13)20-16/h1-2,5-8,10,14H,3-4,9,11-12H2,(H,19,20,21)/t14-/m0/s1. The molecule has 0 radical (unpaired) electrons. The van der Waals surface area contributed by atoms with E-state index >= 15 is 0 Å². The zero-order valence-corrected chi connectivity index (χ0v) is 12.4. The van der Waals surface area contributed by atoms with E-state index in [9.17, 15) is 0 Å². The van der Waals surface area contributed by atoms with Gasteiger partial charge in [0.05, 0.1) is 11.9 Å². The van der Waals surface area contributed by atoms with Crippen molar-refractivity contribution in [3.63, 3.8) is 0 Å². The molecule has 1 atom stereocenters. The lowest BCUT2D eigenvalue weighted by Crippen LogP contribution is -2.34. The zero-order chi connectivity index (χ0) is 14.8. The quantitative estimate of drug-likeness (QED) is 0.806. The summed E-state index contributed by atoms with van der Waals surface area (Å²) < 4.78 is 0. The number of nitrogens with one attached hydrogen (secondary N) is 1. The molecule has 0 aliphatic carbocycles. The van der Waals surface area contributed by atoms with Gasteiger partial charge in [-0.15, -0.1) is 0 Å². The molecule has 112 valence electrons. The number of fused-ring (bicyclic) bond motifs is 1. The molecule has 1 N–H and O–H groups in total. The molecule has 3 aromatic heterocycles. The second-order valence-corrected chi connectivity index (χ2v) is 5.94. The van der Waals surface area contributed by atoms with Gasteiger partial charge in [-0.25, -0.2) is 4.98 Å². The van der Waals surface area contributed by atoms with E-state index in [1.807, 2.05) is 18.5 Å². The summed E-state index contributed by atoms with van der Waals surface area (Å²) in [4.78, 5) is 11.7. The minimum atomic E-state index is 0.491. The first-order chi connectivity index (χ1) is 10.9. The summed E-state index contributed by atoms with van der Waals surface area (Å²) >= 11 is 0. The SMILES string of the molecule is c1ccc(CN2CCC[C@H](c3ccc4cn[nH]c4n3)C2)nc1. The highest BCUT2D eigenvalue weighted by Gasteiger charge is 2.22. The third-order valence-corrected chi connectivity index (χ3v) is 4.36. The Morgan fingerprint density at radius 1 is 1.23 bits per heavy atom. The van der Waals surface area contributed by atoms with E-state index in [0.29, 0.717) is 5.92 Å². The average Bonchev–Trinajstić information content (AvgIpc) is 3.04. The minimum absolute atomic E-state index is 0.491. The van der Waals surface area contributed by atoms with E-state index in [1.54, 1.807) is 0 Å². The van der Waals surface area contributed by atoms with Gasteiger partial charge in [-0.05, 0) is 43.7 Å². The highest BCUT2D eigenvalue weighted by molar-refractivity contribution is 5.73. The molecule has 4 rings (SSSR count). The van der Waals surface area contributed by atoms with E-state index in [4.69, 9.17) is 4.98 Å². The summed E-state index contributed by atoms with van der Waals surface area (Å²) in [6.45, 7) is 3.10. The van der Waals surface area contributed by atoms with Crippen molar-refractivity contribution in [3.05, 3.63) is 54.1 Å². The molecule has 0 saturated carbocycles. The summed E-state index contributed by atoms with van der Waals surface area (Å²) in [5.74, 6) is 0.491. The van der Waals surface area contributed by atoms with Gasteiger partial charge in [0, 0.05) is 36.3 Å². The van der Waals surface area contributed by atoms with Crippen molar-refractivity contribution in [2.24, 2.45) is 0 Å². The zero-order valence-electron chi connectivity index (χ0n) is 12.4. The lowest BCUT2D eigenvalue weighted by Gasteiger charge is -2.32. The molecule has 1 fully saturated rings. The molecular formula is C17H19N5. The van der Waals surface area contributed by atoms with Gasteiger partial charge in [0.15, 0.2) is 5.65 Å². The van der Waals surface area contributed by atoms with Crippen LogP contribution in [0.3, 0.4) is 0 Å². The molecule has 0 unspecified atom stereocenters. The number of rotatable bonds is 3. The molecule has 5 nitrogen and oxygen atoms in total. The maximum absolute atomic E-state index is 4.74. The van der Waals surface area contributed by atoms with Gasteiger partial charge in [-0.2, -0.15) is 5.10 Å². The maximum atomic E-state index is 4.74. The van der Waals surface area contributed by atoms with Crippen LogP contribution in [0, 0.1) is 0 Å². The van der Waals surface area contributed by atoms with Crippen LogP contribution in [-0.2, 0) is 6.54 Å². The third kappa shape index (κ3) is 2.72. The van der Waals surface area contributed by atoms with Crippen LogP contribution >= 0.6 is 0 Å². The number of pyridine rings is 2. The fourth-order valence-electron chi connectivity index (χ4n) is 3.23. The second-order valence-electron chi connectivity index (χ2n) is 5.94. The van der Waals surface area contributed by atoms with E-state index in [2.05, 4.69) is 44.3 Å². The molecule has 0 bridgehead atoms. The normalized spacial score (nSPS) is 19.5. The number of aromatic nitrogens is 4. The van der Waals surface area contributed by atoms with Crippen LogP contribution in [0.4, 0.5) is 0 Å². The van der Waals surface area contributed by atoms with Crippen molar-refractivity contribution in [1.82, 2.24) is 25.1 Å². The molecular weight excluding hydrogens is 274 g/mol. The molecule has 0 aromatic carbocycles. The van der Waals surface area contributed by atoms with Gasteiger partial charge >= 0.3 is 0 Å². The Balaban J connectivity index is 1.50. The predicted octanol–water partition coefficient (Wildman–Crippen LogP) is 2.73. The first kappa shape index (κ1) is 13.4. The highest BCUT2D eigenvalue weighted by Crippen LogP contribution is 2.27. The van der Waals surface area contributed by atoms with E-state index in [-0.39, 0.29) is 0 Å². The van der Waals surface area contributed by atoms with Crippen LogP contribution < -0.4 is 0 Å². The van der Waals surface area contributed by atoms with Gasteiger partial charge in [0.1, 0.15) is 0 Å². The molecule has 5 heteroatoms. The van der Waals surface area contributed by atoms with Crippen molar-refractivity contribution in [3.8, 4) is 0 Å². The molecule has 0 spiro atoms. The molecule has 1 aliphatic rings. The number of nitrogens with zero attached hydrogens (tertiary/aromatic N) is 4. The Morgan fingerprint density at radius 2 is 2.23 bits per heavy atom. The number of hydrogen-bond donors (Lipinski definition) is 1. The number of hydrogen-bond acceptors (Lipinski definition) is 4. The first-order valence-electron chi connectivity index (χ1n) is 7.81.